The average Bonchev–Trinajstić information content (AvgIpc) is 2.43. The average molecular weight is 262 g/mol. The second kappa shape index (κ2) is 5.04. The summed E-state index contributed by atoms with van der Waals surface area (Å²) in [5.74, 6) is 5.48. The van der Waals surface area contributed by atoms with Crippen LogP contribution in [0.4, 0.5) is 0 Å². The number of rotatable bonds is 3. The van der Waals surface area contributed by atoms with Gasteiger partial charge in [0.15, 0.2) is 0 Å². The molecule has 0 amide bonds. The first-order chi connectivity index (χ1) is 9.29. The third-order valence-corrected chi connectivity index (χ3v) is 6.82. The van der Waals surface area contributed by atoms with Crippen LogP contribution >= 0.6 is 0 Å². The molecule has 1 saturated heterocycles. The minimum Gasteiger partial charge on any atom is -0.315 e. The lowest BCUT2D eigenvalue weighted by molar-refractivity contribution is -0.0511. The molecular formula is C17H30N2. The van der Waals surface area contributed by atoms with E-state index in [2.05, 4.69) is 17.3 Å². The molecule has 1 N–H and O–H groups in total. The van der Waals surface area contributed by atoms with E-state index in [-0.39, 0.29) is 0 Å². The molecule has 1 atom stereocenters. The van der Waals surface area contributed by atoms with E-state index in [1.165, 1.54) is 32.5 Å². The highest BCUT2D eigenvalue weighted by molar-refractivity contribution is 4.99. The van der Waals surface area contributed by atoms with Crippen LogP contribution in [0, 0.1) is 29.6 Å². The fourth-order valence-corrected chi connectivity index (χ4v) is 6.03. The molecule has 5 aliphatic rings. The summed E-state index contributed by atoms with van der Waals surface area (Å²) in [5, 5.41) is 3.58. The number of piperidine rings is 1. The van der Waals surface area contributed by atoms with E-state index >= 15 is 0 Å². The SMILES string of the molecule is CN(CC1C2CC3CC(C2)CC1C3)C1CCCNC1. The third-order valence-electron chi connectivity index (χ3n) is 6.82. The predicted molar refractivity (Wildman–Crippen MR) is 79.1 cm³/mol. The van der Waals surface area contributed by atoms with Crippen molar-refractivity contribution in [3.05, 3.63) is 0 Å². The first kappa shape index (κ1) is 12.6. The van der Waals surface area contributed by atoms with Gasteiger partial charge in [0, 0.05) is 19.1 Å². The Morgan fingerprint density at radius 1 is 1.00 bits per heavy atom. The van der Waals surface area contributed by atoms with Crippen molar-refractivity contribution < 1.29 is 0 Å². The number of nitrogens with one attached hydrogen (secondary N) is 1. The predicted octanol–water partition coefficient (Wildman–Crippen LogP) is 2.74. The van der Waals surface area contributed by atoms with Crippen LogP contribution in [0.2, 0.25) is 0 Å². The van der Waals surface area contributed by atoms with Gasteiger partial charge in [0.25, 0.3) is 0 Å². The van der Waals surface area contributed by atoms with Gasteiger partial charge in [-0.3, -0.25) is 0 Å². The van der Waals surface area contributed by atoms with Gasteiger partial charge < -0.3 is 10.2 Å². The highest BCUT2D eigenvalue weighted by Crippen LogP contribution is 2.56. The molecule has 5 fully saturated rings. The Balaban J connectivity index is 1.39. The van der Waals surface area contributed by atoms with Gasteiger partial charge in [-0.2, -0.15) is 0 Å². The molecule has 19 heavy (non-hydrogen) atoms. The van der Waals surface area contributed by atoms with Crippen molar-refractivity contribution in [1.29, 1.82) is 0 Å². The second-order valence-electron chi connectivity index (χ2n) is 8.03. The topological polar surface area (TPSA) is 15.3 Å². The summed E-state index contributed by atoms with van der Waals surface area (Å²) in [6.45, 7) is 3.85. The molecule has 0 aromatic heterocycles. The maximum absolute atomic E-state index is 3.58. The van der Waals surface area contributed by atoms with Gasteiger partial charge in [0.2, 0.25) is 0 Å². The van der Waals surface area contributed by atoms with Crippen LogP contribution in [0.1, 0.15) is 44.9 Å². The molecule has 5 rings (SSSR count). The molecule has 4 aliphatic carbocycles. The Kier molecular flexibility index (Phi) is 3.35. The second-order valence-corrected chi connectivity index (χ2v) is 8.03. The van der Waals surface area contributed by atoms with Crippen molar-refractivity contribution in [3.8, 4) is 0 Å². The smallest absolute Gasteiger partial charge is 0.0218 e. The molecule has 4 bridgehead atoms. The lowest BCUT2D eigenvalue weighted by Gasteiger charge is -2.55. The normalized spacial score (nSPS) is 48.9. The summed E-state index contributed by atoms with van der Waals surface area (Å²) in [4.78, 5) is 2.71. The molecule has 2 nitrogen and oxygen atoms in total. The van der Waals surface area contributed by atoms with E-state index in [1.807, 2.05) is 0 Å². The number of nitrogens with zero attached hydrogens (tertiary/aromatic N) is 1. The maximum atomic E-state index is 3.58. The van der Waals surface area contributed by atoms with E-state index in [0.717, 1.165) is 35.6 Å². The van der Waals surface area contributed by atoms with Crippen molar-refractivity contribution >= 4 is 0 Å². The Morgan fingerprint density at radius 2 is 1.68 bits per heavy atom. The molecular weight excluding hydrogens is 232 g/mol. The van der Waals surface area contributed by atoms with Crippen LogP contribution in [0.15, 0.2) is 0 Å². The molecule has 1 heterocycles. The summed E-state index contributed by atoms with van der Waals surface area (Å²) in [6, 6.07) is 0.811. The van der Waals surface area contributed by atoms with Crippen molar-refractivity contribution in [2.75, 3.05) is 26.7 Å². The van der Waals surface area contributed by atoms with Crippen molar-refractivity contribution in [2.24, 2.45) is 29.6 Å². The Bertz CT molecular complexity index is 293. The Hall–Kier alpha value is -0.0800. The minimum atomic E-state index is 0.811. The van der Waals surface area contributed by atoms with E-state index in [0.29, 0.717) is 0 Å². The zero-order chi connectivity index (χ0) is 12.8. The van der Waals surface area contributed by atoms with Crippen molar-refractivity contribution in [3.63, 3.8) is 0 Å². The first-order valence-corrected chi connectivity index (χ1v) is 8.70. The van der Waals surface area contributed by atoms with Crippen molar-refractivity contribution in [1.82, 2.24) is 10.2 Å². The van der Waals surface area contributed by atoms with E-state index in [1.54, 1.807) is 32.1 Å². The Labute approximate surface area is 118 Å². The van der Waals surface area contributed by atoms with Crippen LogP contribution < -0.4 is 5.32 Å². The fraction of sp³-hybridized carbons (Fsp3) is 1.00. The summed E-state index contributed by atoms with van der Waals surface area (Å²) in [6.07, 6.45) is 10.7. The number of likely N-dealkylation sites (N-methyl/N-ethyl adjacent to an activating group) is 1. The summed E-state index contributed by atoms with van der Waals surface area (Å²) in [5.41, 5.74) is 0. The minimum absolute atomic E-state index is 0.811. The van der Waals surface area contributed by atoms with Gasteiger partial charge in [0.05, 0.1) is 0 Å². The molecule has 0 spiro atoms. The molecule has 4 saturated carbocycles. The van der Waals surface area contributed by atoms with Crippen LogP contribution in [0.3, 0.4) is 0 Å². The van der Waals surface area contributed by atoms with E-state index < -0.39 is 0 Å². The summed E-state index contributed by atoms with van der Waals surface area (Å²) in [7, 11) is 2.39. The van der Waals surface area contributed by atoms with E-state index in [9.17, 15) is 0 Å². The maximum Gasteiger partial charge on any atom is 0.0218 e. The molecule has 108 valence electrons. The van der Waals surface area contributed by atoms with Gasteiger partial charge in [0.1, 0.15) is 0 Å². The third kappa shape index (κ3) is 2.35. The van der Waals surface area contributed by atoms with Gasteiger partial charge >= 0.3 is 0 Å². The highest BCUT2D eigenvalue weighted by atomic mass is 15.2. The monoisotopic (exact) mass is 262 g/mol. The zero-order valence-electron chi connectivity index (χ0n) is 12.5. The van der Waals surface area contributed by atoms with Gasteiger partial charge in [-0.15, -0.1) is 0 Å². The van der Waals surface area contributed by atoms with Gasteiger partial charge in [-0.25, -0.2) is 0 Å². The molecule has 0 aromatic rings. The first-order valence-electron chi connectivity index (χ1n) is 8.70. The fourth-order valence-electron chi connectivity index (χ4n) is 6.03. The van der Waals surface area contributed by atoms with Crippen LogP contribution in [0.5, 0.6) is 0 Å². The molecule has 0 aromatic carbocycles. The standard InChI is InChI=1S/C17H30N2/c1-19(16-3-2-4-18-10-16)11-17-14-6-12-5-13(8-14)9-15(17)7-12/h12-18H,2-11H2,1H3. The zero-order valence-corrected chi connectivity index (χ0v) is 12.5. The lowest BCUT2D eigenvalue weighted by Crippen LogP contribution is -2.52. The summed E-state index contributed by atoms with van der Waals surface area (Å²) < 4.78 is 0. The Morgan fingerprint density at radius 3 is 2.26 bits per heavy atom. The highest BCUT2D eigenvalue weighted by Gasteiger charge is 2.48. The van der Waals surface area contributed by atoms with Crippen molar-refractivity contribution in [2.45, 2.75) is 51.0 Å². The number of hydrogen-bond donors (Lipinski definition) is 1. The lowest BCUT2D eigenvalue weighted by atomic mass is 9.52. The quantitative estimate of drug-likeness (QED) is 0.841. The van der Waals surface area contributed by atoms with Crippen LogP contribution in [-0.4, -0.2) is 37.6 Å². The molecule has 0 radical (unpaired) electrons. The van der Waals surface area contributed by atoms with Gasteiger partial charge in [-0.1, -0.05) is 0 Å². The summed E-state index contributed by atoms with van der Waals surface area (Å²) >= 11 is 0. The molecule has 2 heteroatoms. The number of hydrogen-bond acceptors (Lipinski definition) is 2. The molecule has 1 aliphatic heterocycles. The van der Waals surface area contributed by atoms with E-state index in [4.69, 9.17) is 0 Å². The largest absolute Gasteiger partial charge is 0.315 e. The van der Waals surface area contributed by atoms with Gasteiger partial charge in [-0.05, 0) is 88.1 Å². The van der Waals surface area contributed by atoms with Crippen LogP contribution in [-0.2, 0) is 0 Å². The molecule has 1 unspecified atom stereocenters. The van der Waals surface area contributed by atoms with Crippen LogP contribution in [0.25, 0.3) is 0 Å².